The first-order chi connectivity index (χ1) is 13.3. The van der Waals surface area contributed by atoms with Gasteiger partial charge in [-0.15, -0.1) is 0 Å². The van der Waals surface area contributed by atoms with Crippen molar-refractivity contribution in [3.63, 3.8) is 0 Å². The molecule has 0 aliphatic rings. The first kappa shape index (κ1) is 20.2. The normalized spacial score (nSPS) is 12.7. The summed E-state index contributed by atoms with van der Waals surface area (Å²) in [5, 5.41) is 1.92. The van der Waals surface area contributed by atoms with Crippen LogP contribution in [0.15, 0.2) is 72.8 Å². The van der Waals surface area contributed by atoms with Gasteiger partial charge in [-0.25, -0.2) is 4.57 Å². The zero-order valence-electron chi connectivity index (χ0n) is 15.4. The van der Waals surface area contributed by atoms with E-state index in [1.54, 1.807) is 12.1 Å². The van der Waals surface area contributed by atoms with Gasteiger partial charge in [-0.1, -0.05) is 60.7 Å². The van der Waals surface area contributed by atoms with Crippen molar-refractivity contribution in [3.05, 3.63) is 83.9 Å². The molecule has 0 aromatic heterocycles. The minimum Gasteiger partial charge on any atom is -0.315 e. The van der Waals surface area contributed by atoms with E-state index in [9.17, 15) is 19.1 Å². The Balaban J connectivity index is 1.80. The molecule has 0 spiro atoms. The van der Waals surface area contributed by atoms with E-state index in [1.165, 1.54) is 11.9 Å². The van der Waals surface area contributed by atoms with Crippen LogP contribution in [-0.2, 0) is 15.5 Å². The second-order valence-corrected chi connectivity index (χ2v) is 7.74. The molecule has 1 amide bonds. The number of hydrogen-bond donors (Lipinski definition) is 2. The number of nitrogens with zero attached hydrogens (tertiary/aromatic N) is 1. The molecule has 1 atom stereocenters. The number of carbonyl (C=O) groups excluding carboxylic acids is 1. The van der Waals surface area contributed by atoms with Crippen LogP contribution >= 0.6 is 7.82 Å². The Labute approximate surface area is 163 Å². The molecule has 0 bridgehead atoms. The van der Waals surface area contributed by atoms with E-state index < -0.39 is 14.1 Å². The lowest BCUT2D eigenvalue weighted by molar-refractivity contribution is 0.0144. The average Bonchev–Trinajstić information content (AvgIpc) is 2.69. The smallest absolute Gasteiger partial charge is 0.315 e. The van der Waals surface area contributed by atoms with E-state index in [2.05, 4.69) is 0 Å². The van der Waals surface area contributed by atoms with Crippen molar-refractivity contribution in [2.45, 2.75) is 19.1 Å². The molecule has 3 rings (SSSR count). The summed E-state index contributed by atoms with van der Waals surface area (Å²) in [6, 6.07) is 22.5. The molecule has 1 unspecified atom stereocenters. The summed E-state index contributed by atoms with van der Waals surface area (Å²) in [5.74, 6) is -0.364. The van der Waals surface area contributed by atoms with Gasteiger partial charge in [0.05, 0.1) is 0 Å². The van der Waals surface area contributed by atoms with Gasteiger partial charge >= 0.3 is 7.82 Å². The fraction of sp³-hybridized carbons (Fsp3) is 0.190. The van der Waals surface area contributed by atoms with E-state index >= 15 is 0 Å². The van der Waals surface area contributed by atoms with Gasteiger partial charge in [0, 0.05) is 12.6 Å². The molecule has 146 valence electrons. The van der Waals surface area contributed by atoms with Crippen LogP contribution < -0.4 is 0 Å². The Morgan fingerprint density at radius 1 is 1.00 bits per heavy atom. The summed E-state index contributed by atoms with van der Waals surface area (Å²) in [5.41, 5.74) is 1.42. The van der Waals surface area contributed by atoms with Crippen LogP contribution in [0.4, 0.5) is 0 Å². The van der Waals surface area contributed by atoms with Crippen LogP contribution in [-0.4, -0.2) is 33.9 Å². The second kappa shape index (κ2) is 8.67. The molecule has 6 nitrogen and oxygen atoms in total. The molecular formula is C21H22NO5P. The lowest BCUT2D eigenvalue weighted by Gasteiger charge is -2.28. The SMILES string of the molecule is CN(C(=O)c1ccc2ccccc2c1)C(CCc1ccccc1)OP(=O)(O)O. The number of phosphoric ester groups is 1. The molecular weight excluding hydrogens is 377 g/mol. The quantitative estimate of drug-likeness (QED) is 0.464. The zero-order valence-corrected chi connectivity index (χ0v) is 16.3. The van der Waals surface area contributed by atoms with E-state index in [0.29, 0.717) is 12.0 Å². The maximum Gasteiger partial charge on any atom is 0.471 e. The Kier molecular flexibility index (Phi) is 6.27. The van der Waals surface area contributed by atoms with Crippen molar-refractivity contribution in [1.82, 2.24) is 4.90 Å². The monoisotopic (exact) mass is 399 g/mol. The molecule has 0 radical (unpaired) electrons. The number of carbonyl (C=O) groups is 1. The van der Waals surface area contributed by atoms with Crippen LogP contribution in [0.25, 0.3) is 10.8 Å². The molecule has 0 saturated carbocycles. The topological polar surface area (TPSA) is 87.1 Å². The van der Waals surface area contributed by atoms with Crippen LogP contribution in [0.2, 0.25) is 0 Å². The van der Waals surface area contributed by atoms with E-state index in [4.69, 9.17) is 4.52 Å². The fourth-order valence-electron chi connectivity index (χ4n) is 3.07. The highest BCUT2D eigenvalue weighted by Crippen LogP contribution is 2.39. The Hall–Kier alpha value is -2.50. The summed E-state index contributed by atoms with van der Waals surface area (Å²) in [4.78, 5) is 32.7. The van der Waals surface area contributed by atoms with Gasteiger partial charge in [-0.05, 0) is 41.3 Å². The van der Waals surface area contributed by atoms with Crippen molar-refractivity contribution in [2.75, 3.05) is 7.05 Å². The second-order valence-electron chi connectivity index (χ2n) is 6.55. The van der Waals surface area contributed by atoms with Crippen LogP contribution in [0.5, 0.6) is 0 Å². The van der Waals surface area contributed by atoms with Crippen LogP contribution in [0.1, 0.15) is 22.3 Å². The highest BCUT2D eigenvalue weighted by molar-refractivity contribution is 7.46. The van der Waals surface area contributed by atoms with Gasteiger partial charge in [-0.3, -0.25) is 9.32 Å². The largest absolute Gasteiger partial charge is 0.471 e. The molecule has 0 heterocycles. The molecule has 0 saturated heterocycles. The molecule has 0 aliphatic carbocycles. The number of rotatable bonds is 7. The predicted octanol–water partition coefficient (Wildman–Crippen LogP) is 3.98. The summed E-state index contributed by atoms with van der Waals surface area (Å²) < 4.78 is 16.3. The summed E-state index contributed by atoms with van der Waals surface area (Å²) >= 11 is 0. The number of phosphoric acid groups is 1. The Bertz CT molecular complexity index is 1000. The molecule has 2 N–H and O–H groups in total. The maximum absolute atomic E-state index is 12.9. The highest BCUT2D eigenvalue weighted by atomic mass is 31.2. The summed E-state index contributed by atoms with van der Waals surface area (Å²) in [6.45, 7) is 0. The molecule has 0 fully saturated rings. The highest BCUT2D eigenvalue weighted by Gasteiger charge is 2.28. The van der Waals surface area contributed by atoms with Gasteiger partial charge in [0.25, 0.3) is 5.91 Å². The molecule has 3 aromatic rings. The van der Waals surface area contributed by atoms with Gasteiger partial charge in [0.1, 0.15) is 6.23 Å². The van der Waals surface area contributed by atoms with Gasteiger partial charge < -0.3 is 14.7 Å². The maximum atomic E-state index is 12.9. The van der Waals surface area contributed by atoms with E-state index in [0.717, 1.165) is 16.3 Å². The standard InChI is InChI=1S/C21H22NO5P/c1-22(21(23)19-13-12-17-9-5-6-10-18(17)15-19)20(27-28(24,25)26)14-11-16-7-3-2-4-8-16/h2-10,12-13,15,20H,11,14H2,1H3,(H2,24,25,26). The van der Waals surface area contributed by atoms with Gasteiger partial charge in [0.2, 0.25) is 0 Å². The van der Waals surface area contributed by atoms with Crippen LogP contribution in [0.3, 0.4) is 0 Å². The number of fused-ring (bicyclic) bond motifs is 1. The summed E-state index contributed by atoms with van der Waals surface area (Å²) in [6.07, 6.45) is -0.286. The first-order valence-corrected chi connectivity index (χ1v) is 10.4. The summed E-state index contributed by atoms with van der Waals surface area (Å²) in [7, 11) is -3.27. The number of amides is 1. The van der Waals surface area contributed by atoms with Crippen molar-refractivity contribution in [3.8, 4) is 0 Å². The predicted molar refractivity (Wildman–Crippen MR) is 108 cm³/mol. The van der Waals surface area contributed by atoms with Crippen molar-refractivity contribution in [1.29, 1.82) is 0 Å². The molecule has 0 aliphatic heterocycles. The minimum atomic E-state index is -4.76. The van der Waals surface area contributed by atoms with Crippen molar-refractivity contribution < 1.29 is 23.7 Å². The lowest BCUT2D eigenvalue weighted by atomic mass is 10.1. The van der Waals surface area contributed by atoms with Crippen LogP contribution in [0, 0.1) is 0 Å². The Morgan fingerprint density at radius 3 is 2.32 bits per heavy atom. The van der Waals surface area contributed by atoms with E-state index in [-0.39, 0.29) is 12.3 Å². The molecule has 28 heavy (non-hydrogen) atoms. The number of benzene rings is 3. The van der Waals surface area contributed by atoms with E-state index in [1.807, 2.05) is 60.7 Å². The Morgan fingerprint density at radius 2 is 1.64 bits per heavy atom. The van der Waals surface area contributed by atoms with Crippen molar-refractivity contribution in [2.24, 2.45) is 0 Å². The zero-order chi connectivity index (χ0) is 20.1. The number of hydrogen-bond acceptors (Lipinski definition) is 3. The van der Waals surface area contributed by atoms with Crippen molar-refractivity contribution >= 4 is 24.5 Å². The number of aryl methyl sites for hydroxylation is 1. The average molecular weight is 399 g/mol. The first-order valence-electron chi connectivity index (χ1n) is 8.87. The van der Waals surface area contributed by atoms with Gasteiger partial charge in [-0.2, -0.15) is 0 Å². The third-order valence-electron chi connectivity index (χ3n) is 4.53. The minimum absolute atomic E-state index is 0.255. The lowest BCUT2D eigenvalue weighted by Crippen LogP contribution is -2.38. The third-order valence-corrected chi connectivity index (χ3v) is 5.05. The molecule has 7 heteroatoms. The van der Waals surface area contributed by atoms with Gasteiger partial charge in [0.15, 0.2) is 0 Å². The molecule has 3 aromatic carbocycles. The fourth-order valence-corrected chi connectivity index (χ4v) is 3.63. The third kappa shape index (κ3) is 5.27.